The van der Waals surface area contributed by atoms with Gasteiger partial charge in [-0.05, 0) is 36.4 Å². The average molecular weight is 359 g/mol. The number of carbonyl (C=O) groups excluding carboxylic acids is 2. The molecule has 2 aromatic heterocycles. The number of hydrogen-bond donors (Lipinski definition) is 2. The van der Waals surface area contributed by atoms with Gasteiger partial charge in [-0.25, -0.2) is 4.68 Å². The molecular weight excluding hydrogens is 344 g/mol. The molecule has 0 bridgehead atoms. The van der Waals surface area contributed by atoms with E-state index < -0.39 is 0 Å². The molecule has 128 valence electrons. The number of aromatic nitrogens is 2. The number of amides is 2. The van der Waals surface area contributed by atoms with Crippen molar-refractivity contribution >= 4 is 23.4 Å². The first-order chi connectivity index (χ1) is 12.1. The highest BCUT2D eigenvalue weighted by molar-refractivity contribution is 6.30. The van der Waals surface area contributed by atoms with Crippen molar-refractivity contribution in [2.45, 2.75) is 6.54 Å². The van der Waals surface area contributed by atoms with Gasteiger partial charge in [-0.2, -0.15) is 5.10 Å². The molecule has 1 aromatic carbocycles. The van der Waals surface area contributed by atoms with Crippen molar-refractivity contribution in [1.82, 2.24) is 20.4 Å². The molecule has 25 heavy (non-hydrogen) atoms. The first-order valence-corrected chi connectivity index (χ1v) is 7.87. The van der Waals surface area contributed by atoms with E-state index in [1.807, 2.05) is 0 Å². The molecule has 8 heteroatoms. The van der Waals surface area contributed by atoms with E-state index in [2.05, 4.69) is 15.7 Å². The molecule has 2 N–H and O–H groups in total. The van der Waals surface area contributed by atoms with Crippen molar-refractivity contribution in [2.75, 3.05) is 6.54 Å². The maximum atomic E-state index is 12.1. The fourth-order valence-corrected chi connectivity index (χ4v) is 2.23. The van der Waals surface area contributed by atoms with Crippen LogP contribution in [0.3, 0.4) is 0 Å². The molecule has 0 radical (unpaired) electrons. The molecule has 2 heterocycles. The van der Waals surface area contributed by atoms with Gasteiger partial charge in [-0.1, -0.05) is 11.6 Å². The van der Waals surface area contributed by atoms with Gasteiger partial charge in [0.2, 0.25) is 5.91 Å². The zero-order valence-corrected chi connectivity index (χ0v) is 13.9. The van der Waals surface area contributed by atoms with E-state index in [1.165, 1.54) is 12.5 Å². The summed E-state index contributed by atoms with van der Waals surface area (Å²) < 4.78 is 6.67. The molecule has 0 atom stereocenters. The van der Waals surface area contributed by atoms with Gasteiger partial charge in [0, 0.05) is 11.2 Å². The largest absolute Gasteiger partial charge is 0.467 e. The molecule has 0 saturated heterocycles. The highest BCUT2D eigenvalue weighted by atomic mass is 35.5. The van der Waals surface area contributed by atoms with Gasteiger partial charge >= 0.3 is 0 Å². The van der Waals surface area contributed by atoms with Crippen LogP contribution >= 0.6 is 11.6 Å². The molecule has 3 aromatic rings. The summed E-state index contributed by atoms with van der Waals surface area (Å²) in [6.45, 7) is 0.141. The van der Waals surface area contributed by atoms with Crippen molar-refractivity contribution in [3.05, 3.63) is 71.4 Å². The predicted octanol–water partition coefficient (Wildman–Crippen LogP) is 2.16. The van der Waals surface area contributed by atoms with Gasteiger partial charge in [0.05, 0.1) is 36.8 Å². The third kappa shape index (κ3) is 4.48. The van der Waals surface area contributed by atoms with E-state index in [4.69, 9.17) is 16.0 Å². The lowest BCUT2D eigenvalue weighted by Gasteiger charge is -2.04. The van der Waals surface area contributed by atoms with Gasteiger partial charge in [-0.15, -0.1) is 0 Å². The minimum Gasteiger partial charge on any atom is -0.467 e. The maximum absolute atomic E-state index is 12.1. The van der Waals surface area contributed by atoms with Gasteiger partial charge in [0.25, 0.3) is 5.91 Å². The normalized spacial score (nSPS) is 10.4. The predicted molar refractivity (Wildman–Crippen MR) is 91.5 cm³/mol. The third-order valence-corrected chi connectivity index (χ3v) is 3.64. The summed E-state index contributed by atoms with van der Waals surface area (Å²) in [5.41, 5.74) is 1.13. The van der Waals surface area contributed by atoms with E-state index in [9.17, 15) is 9.59 Å². The zero-order chi connectivity index (χ0) is 17.6. The lowest BCUT2D eigenvalue weighted by Crippen LogP contribution is -2.36. The number of nitrogens with one attached hydrogen (secondary N) is 2. The first kappa shape index (κ1) is 16.8. The van der Waals surface area contributed by atoms with Crippen LogP contribution in [0.4, 0.5) is 0 Å². The second-order valence-corrected chi connectivity index (χ2v) is 5.63. The Hall–Kier alpha value is -3.06. The summed E-state index contributed by atoms with van der Waals surface area (Å²) in [6, 6.07) is 10.5. The smallest absolute Gasteiger partial charge is 0.254 e. The van der Waals surface area contributed by atoms with Crippen molar-refractivity contribution in [2.24, 2.45) is 0 Å². The lowest BCUT2D eigenvalue weighted by molar-refractivity contribution is -0.120. The average Bonchev–Trinajstić information content (AvgIpc) is 3.30. The number of benzene rings is 1. The Bertz CT molecular complexity index is 856. The van der Waals surface area contributed by atoms with E-state index in [1.54, 1.807) is 47.3 Å². The van der Waals surface area contributed by atoms with Crippen LogP contribution in [0.5, 0.6) is 0 Å². The van der Waals surface area contributed by atoms with E-state index in [0.29, 0.717) is 16.3 Å². The molecule has 3 rings (SSSR count). The quantitative estimate of drug-likeness (QED) is 0.706. The Morgan fingerprint density at radius 2 is 1.96 bits per heavy atom. The van der Waals surface area contributed by atoms with Crippen molar-refractivity contribution in [1.29, 1.82) is 0 Å². The number of hydrogen-bond acceptors (Lipinski definition) is 4. The lowest BCUT2D eigenvalue weighted by atomic mass is 10.3. The van der Waals surface area contributed by atoms with E-state index in [0.717, 1.165) is 5.69 Å². The van der Waals surface area contributed by atoms with Crippen molar-refractivity contribution in [3.8, 4) is 5.69 Å². The number of carbonyl (C=O) groups is 2. The SMILES string of the molecule is O=C(CNC(=O)c1cnn(-c2ccc(Cl)cc2)c1)NCc1ccco1. The molecule has 0 unspecified atom stereocenters. The van der Waals surface area contributed by atoms with Crippen LogP contribution in [0, 0.1) is 0 Å². The highest BCUT2D eigenvalue weighted by Crippen LogP contribution is 2.13. The molecule has 0 saturated carbocycles. The minimum atomic E-state index is -0.381. The fraction of sp³-hybridized carbons (Fsp3) is 0.118. The molecule has 2 amide bonds. The number of rotatable bonds is 6. The van der Waals surface area contributed by atoms with Gasteiger partial charge in [0.1, 0.15) is 5.76 Å². The van der Waals surface area contributed by atoms with E-state index >= 15 is 0 Å². The standard InChI is InChI=1S/C17H15ClN4O3/c18-13-3-5-14(6-4-13)22-11-12(8-21-22)17(24)20-10-16(23)19-9-15-2-1-7-25-15/h1-8,11H,9-10H2,(H,19,23)(H,20,24). The Morgan fingerprint density at radius 1 is 1.16 bits per heavy atom. The fourth-order valence-electron chi connectivity index (χ4n) is 2.10. The summed E-state index contributed by atoms with van der Waals surface area (Å²) in [4.78, 5) is 23.8. The van der Waals surface area contributed by atoms with Crippen LogP contribution in [-0.2, 0) is 11.3 Å². The minimum absolute atomic E-state index is 0.133. The Morgan fingerprint density at radius 3 is 2.68 bits per heavy atom. The Balaban J connectivity index is 1.51. The molecule has 0 spiro atoms. The summed E-state index contributed by atoms with van der Waals surface area (Å²) in [5, 5.41) is 9.95. The monoisotopic (exact) mass is 358 g/mol. The van der Waals surface area contributed by atoms with Gasteiger partial charge in [0.15, 0.2) is 0 Å². The van der Waals surface area contributed by atoms with Crippen molar-refractivity contribution < 1.29 is 14.0 Å². The third-order valence-electron chi connectivity index (χ3n) is 3.39. The zero-order valence-electron chi connectivity index (χ0n) is 13.1. The van der Waals surface area contributed by atoms with Crippen LogP contribution < -0.4 is 10.6 Å². The van der Waals surface area contributed by atoms with Crippen molar-refractivity contribution in [3.63, 3.8) is 0 Å². The molecule has 0 aliphatic rings. The molecular formula is C17H15ClN4O3. The first-order valence-electron chi connectivity index (χ1n) is 7.50. The van der Waals surface area contributed by atoms with Crippen LogP contribution in [0.2, 0.25) is 5.02 Å². The van der Waals surface area contributed by atoms with Crippen LogP contribution in [0.15, 0.2) is 59.5 Å². The summed E-state index contributed by atoms with van der Waals surface area (Å²) >= 11 is 5.85. The maximum Gasteiger partial charge on any atom is 0.254 e. The van der Waals surface area contributed by atoms with Crippen LogP contribution in [-0.4, -0.2) is 28.1 Å². The number of halogens is 1. The second kappa shape index (κ2) is 7.67. The van der Waals surface area contributed by atoms with Gasteiger partial charge in [-0.3, -0.25) is 9.59 Å². The number of nitrogens with zero attached hydrogens (tertiary/aromatic N) is 2. The topological polar surface area (TPSA) is 89.2 Å². The van der Waals surface area contributed by atoms with Gasteiger partial charge < -0.3 is 15.1 Å². The Kier molecular flexibility index (Phi) is 5.15. The summed E-state index contributed by atoms with van der Waals surface area (Å²) in [5.74, 6) is -0.0490. The summed E-state index contributed by atoms with van der Waals surface area (Å²) in [7, 11) is 0. The molecule has 0 aliphatic heterocycles. The Labute approximate surface area is 148 Å². The number of furan rings is 1. The molecule has 0 aliphatic carbocycles. The van der Waals surface area contributed by atoms with E-state index in [-0.39, 0.29) is 24.9 Å². The second-order valence-electron chi connectivity index (χ2n) is 5.19. The molecule has 7 nitrogen and oxygen atoms in total. The summed E-state index contributed by atoms with van der Waals surface area (Å²) in [6.07, 6.45) is 4.55. The molecule has 0 fully saturated rings. The highest BCUT2D eigenvalue weighted by Gasteiger charge is 2.11. The van der Waals surface area contributed by atoms with Crippen LogP contribution in [0.1, 0.15) is 16.1 Å². The van der Waals surface area contributed by atoms with Crippen LogP contribution in [0.25, 0.3) is 5.69 Å².